The van der Waals surface area contributed by atoms with Crippen LogP contribution in [0.25, 0.3) is 0 Å². The van der Waals surface area contributed by atoms with Gasteiger partial charge in [-0.3, -0.25) is 4.21 Å². The number of nitrogens with one attached hydrogen (secondary N) is 1. The van der Waals surface area contributed by atoms with Gasteiger partial charge in [0.25, 0.3) is 0 Å². The molecule has 0 bridgehead atoms. The third kappa shape index (κ3) is 3.21. The van der Waals surface area contributed by atoms with Gasteiger partial charge in [0.2, 0.25) is 0 Å². The van der Waals surface area contributed by atoms with E-state index < -0.39 is 10.8 Å². The number of anilines is 1. The number of benzene rings is 1. The standard InChI is InChI=1S/C11H14ClNOS/c12-9-1-3-10(4-2-9)13-11-5-7-15(14)8-6-11/h1-4,11,13H,5-8H2. The quantitative estimate of drug-likeness (QED) is 0.865. The minimum atomic E-state index is -0.584. The highest BCUT2D eigenvalue weighted by atomic mass is 35.5. The van der Waals surface area contributed by atoms with Crippen LogP contribution in [0.5, 0.6) is 0 Å². The Bertz CT molecular complexity index is 342. The molecule has 1 aromatic carbocycles. The Balaban J connectivity index is 1.91. The Morgan fingerprint density at radius 1 is 1.20 bits per heavy atom. The van der Waals surface area contributed by atoms with Crippen LogP contribution in [0.4, 0.5) is 5.69 Å². The van der Waals surface area contributed by atoms with Gasteiger partial charge in [0.1, 0.15) is 0 Å². The van der Waals surface area contributed by atoms with Gasteiger partial charge in [0.05, 0.1) is 0 Å². The lowest BCUT2D eigenvalue weighted by Gasteiger charge is -2.23. The monoisotopic (exact) mass is 243 g/mol. The summed E-state index contributed by atoms with van der Waals surface area (Å²) >= 11 is 5.81. The van der Waals surface area contributed by atoms with E-state index in [9.17, 15) is 4.21 Å². The lowest BCUT2D eigenvalue weighted by Crippen LogP contribution is -2.29. The van der Waals surface area contributed by atoms with E-state index in [0.29, 0.717) is 6.04 Å². The van der Waals surface area contributed by atoms with Crippen LogP contribution in [0, 0.1) is 0 Å². The van der Waals surface area contributed by atoms with Gasteiger partial charge < -0.3 is 5.32 Å². The lowest BCUT2D eigenvalue weighted by molar-refractivity contribution is 0.624. The molecule has 1 saturated heterocycles. The fraction of sp³-hybridized carbons (Fsp3) is 0.455. The third-order valence-corrected chi connectivity index (χ3v) is 4.24. The molecule has 1 heterocycles. The summed E-state index contributed by atoms with van der Waals surface area (Å²) in [4.78, 5) is 0. The summed E-state index contributed by atoms with van der Waals surface area (Å²) in [6.45, 7) is 0. The smallest absolute Gasteiger partial charge is 0.0407 e. The molecule has 0 saturated carbocycles. The maximum absolute atomic E-state index is 11.2. The summed E-state index contributed by atoms with van der Waals surface area (Å²) in [6.07, 6.45) is 1.99. The van der Waals surface area contributed by atoms with Crippen LogP contribution in [0.1, 0.15) is 12.8 Å². The van der Waals surface area contributed by atoms with Gasteiger partial charge >= 0.3 is 0 Å². The maximum atomic E-state index is 11.2. The van der Waals surface area contributed by atoms with E-state index in [1.807, 2.05) is 24.3 Å². The van der Waals surface area contributed by atoms with Crippen LogP contribution in [0.3, 0.4) is 0 Å². The fourth-order valence-electron chi connectivity index (χ4n) is 1.72. The minimum Gasteiger partial charge on any atom is -0.382 e. The molecule has 15 heavy (non-hydrogen) atoms. The summed E-state index contributed by atoms with van der Waals surface area (Å²) < 4.78 is 11.2. The Hall–Kier alpha value is -0.540. The molecule has 0 unspecified atom stereocenters. The zero-order valence-corrected chi connectivity index (χ0v) is 9.98. The second-order valence-electron chi connectivity index (χ2n) is 3.77. The molecular weight excluding hydrogens is 230 g/mol. The summed E-state index contributed by atoms with van der Waals surface area (Å²) in [7, 11) is -0.584. The zero-order chi connectivity index (χ0) is 10.7. The van der Waals surface area contributed by atoms with E-state index in [1.54, 1.807) is 0 Å². The van der Waals surface area contributed by atoms with Gasteiger partial charge in [-0.05, 0) is 37.1 Å². The van der Waals surface area contributed by atoms with Crippen LogP contribution in [0.2, 0.25) is 5.02 Å². The van der Waals surface area contributed by atoms with Crippen molar-refractivity contribution >= 4 is 28.1 Å². The van der Waals surface area contributed by atoms with Gasteiger partial charge in [-0.25, -0.2) is 0 Å². The topological polar surface area (TPSA) is 29.1 Å². The predicted octanol–water partition coefficient (Wildman–Crippen LogP) is 2.66. The number of hydrogen-bond acceptors (Lipinski definition) is 2. The summed E-state index contributed by atoms with van der Waals surface area (Å²) in [6, 6.07) is 8.18. The number of halogens is 1. The largest absolute Gasteiger partial charge is 0.382 e. The fourth-order valence-corrected chi connectivity index (χ4v) is 3.14. The molecule has 1 N–H and O–H groups in total. The summed E-state index contributed by atoms with van der Waals surface area (Å²) in [5.41, 5.74) is 1.09. The van der Waals surface area contributed by atoms with Gasteiger partial charge in [0.15, 0.2) is 0 Å². The van der Waals surface area contributed by atoms with Crippen LogP contribution < -0.4 is 5.32 Å². The van der Waals surface area contributed by atoms with E-state index in [4.69, 9.17) is 11.6 Å². The first-order valence-corrected chi connectivity index (χ1v) is 6.98. The second-order valence-corrected chi connectivity index (χ2v) is 5.91. The molecule has 1 aliphatic heterocycles. The van der Waals surface area contributed by atoms with Crippen molar-refractivity contribution in [2.24, 2.45) is 0 Å². The van der Waals surface area contributed by atoms with Crippen molar-refractivity contribution < 1.29 is 4.21 Å². The second kappa shape index (κ2) is 4.99. The molecule has 4 heteroatoms. The molecule has 0 radical (unpaired) electrons. The van der Waals surface area contributed by atoms with Crippen molar-refractivity contribution in [3.8, 4) is 0 Å². The highest BCUT2D eigenvalue weighted by molar-refractivity contribution is 7.85. The first kappa shape index (κ1) is 11.0. The maximum Gasteiger partial charge on any atom is 0.0407 e. The first-order chi connectivity index (χ1) is 7.24. The van der Waals surface area contributed by atoms with E-state index in [-0.39, 0.29) is 0 Å². The number of rotatable bonds is 2. The molecule has 2 nitrogen and oxygen atoms in total. The Labute approximate surface area is 97.5 Å². The minimum absolute atomic E-state index is 0.462. The van der Waals surface area contributed by atoms with E-state index in [2.05, 4.69) is 5.32 Å². The van der Waals surface area contributed by atoms with Crippen molar-refractivity contribution in [1.29, 1.82) is 0 Å². The Morgan fingerprint density at radius 2 is 1.80 bits per heavy atom. The molecule has 1 aromatic rings. The van der Waals surface area contributed by atoms with Crippen molar-refractivity contribution in [3.63, 3.8) is 0 Å². The highest BCUT2D eigenvalue weighted by Crippen LogP contribution is 2.18. The molecule has 0 atom stereocenters. The molecule has 82 valence electrons. The molecule has 0 spiro atoms. The molecule has 0 amide bonds. The molecular formula is C11H14ClNOS. The van der Waals surface area contributed by atoms with Crippen LogP contribution >= 0.6 is 11.6 Å². The van der Waals surface area contributed by atoms with Crippen LogP contribution in [0.15, 0.2) is 24.3 Å². The molecule has 2 rings (SSSR count). The van der Waals surface area contributed by atoms with Crippen molar-refractivity contribution in [3.05, 3.63) is 29.3 Å². The van der Waals surface area contributed by atoms with E-state index in [1.165, 1.54) is 0 Å². The Kier molecular flexibility index (Phi) is 3.65. The van der Waals surface area contributed by atoms with Crippen LogP contribution in [-0.4, -0.2) is 21.8 Å². The molecule has 1 aliphatic rings. The summed E-state index contributed by atoms with van der Waals surface area (Å²) in [5.74, 6) is 1.65. The van der Waals surface area contributed by atoms with Crippen molar-refractivity contribution in [2.45, 2.75) is 18.9 Å². The van der Waals surface area contributed by atoms with Gasteiger partial charge in [-0.1, -0.05) is 11.6 Å². The molecule has 0 aliphatic carbocycles. The normalized spacial score (nSPS) is 26.2. The average Bonchev–Trinajstić information content (AvgIpc) is 2.25. The van der Waals surface area contributed by atoms with Gasteiger partial charge in [-0.2, -0.15) is 0 Å². The first-order valence-electron chi connectivity index (χ1n) is 5.11. The lowest BCUT2D eigenvalue weighted by atomic mass is 10.1. The third-order valence-electron chi connectivity index (χ3n) is 2.60. The zero-order valence-electron chi connectivity index (χ0n) is 8.41. The number of hydrogen-bond donors (Lipinski definition) is 1. The highest BCUT2D eigenvalue weighted by Gasteiger charge is 2.17. The SMILES string of the molecule is O=S1CCC(Nc2ccc(Cl)cc2)CC1. The predicted molar refractivity (Wildman–Crippen MR) is 66.0 cm³/mol. The summed E-state index contributed by atoms with van der Waals surface area (Å²) in [5, 5.41) is 4.19. The Morgan fingerprint density at radius 3 is 2.40 bits per heavy atom. The average molecular weight is 244 g/mol. The molecule has 1 fully saturated rings. The van der Waals surface area contributed by atoms with Crippen molar-refractivity contribution in [1.82, 2.24) is 0 Å². The van der Waals surface area contributed by atoms with Gasteiger partial charge in [0, 0.05) is 39.1 Å². The molecule has 0 aromatic heterocycles. The van der Waals surface area contributed by atoms with Crippen LogP contribution in [-0.2, 0) is 10.8 Å². The van der Waals surface area contributed by atoms with E-state index in [0.717, 1.165) is 35.1 Å². The van der Waals surface area contributed by atoms with E-state index >= 15 is 0 Å². The van der Waals surface area contributed by atoms with Crippen molar-refractivity contribution in [2.75, 3.05) is 16.8 Å². The van der Waals surface area contributed by atoms with Gasteiger partial charge in [-0.15, -0.1) is 0 Å².